The lowest BCUT2D eigenvalue weighted by molar-refractivity contribution is -0.0645. The van der Waals surface area contributed by atoms with Gasteiger partial charge in [-0.05, 0) is 31.2 Å². The molecule has 0 saturated carbocycles. The molecule has 3 unspecified atom stereocenters. The quantitative estimate of drug-likeness (QED) is 0.0804. The Morgan fingerprint density at radius 2 is 1.46 bits per heavy atom. The standard InChI is InChI=1S/C33H33N8O14P/c1-16-37-26-21(27(44)38-16)35-14-40(26)29-25(54-31(46)18-10-6-3-7-11-18)23(19(12-42)51-29)55-56(48,49)50-13-20-22(43)24(53-30(45)17-8-4-2-5-9-17)28(52-20)41-15-36-32(34)39-33(41)47/h2-11,14-15,19-20,22-25,28-29,42-43H,12-13H2,1H3,(H,48,49)(H2,34,39,47)(H,37,38,44)/t19-,20-,22+,23+,24?,25?,28-,29-/m1/s1. The molecule has 5 aromatic rings. The number of ether oxygens (including phenoxy) is 4. The van der Waals surface area contributed by atoms with Gasteiger partial charge in [0.1, 0.15) is 36.6 Å². The fourth-order valence-electron chi connectivity index (χ4n) is 6.17. The number of benzene rings is 2. The van der Waals surface area contributed by atoms with Crippen LogP contribution in [0.1, 0.15) is 39.0 Å². The molecule has 2 saturated heterocycles. The van der Waals surface area contributed by atoms with Crippen LogP contribution in [0.25, 0.3) is 11.2 Å². The molecule has 5 heterocycles. The van der Waals surface area contributed by atoms with Gasteiger partial charge in [-0.2, -0.15) is 4.98 Å². The molecule has 7 rings (SSSR count). The number of esters is 2. The van der Waals surface area contributed by atoms with E-state index in [9.17, 15) is 38.8 Å². The molecule has 0 amide bonds. The number of aryl methyl sites for hydroxylation is 1. The second-order valence-electron chi connectivity index (χ2n) is 12.5. The summed E-state index contributed by atoms with van der Waals surface area (Å²) in [5, 5.41) is 21.6. The Morgan fingerprint density at radius 3 is 2.09 bits per heavy atom. The SMILES string of the molecule is Cc1nc2c(ncn2[C@@H]2O[C@H](CO)[C@H](OP(=O)(O)OC[C@H]3O[C@@H](n4cnc(N)nc4=O)C(OC(=O)c4ccccc4)[C@H]3O)C2OC(=O)c2ccccc2)c(=O)[nH]1. The normalized spacial score (nSPS) is 25.9. The number of fused-ring (bicyclic) bond motifs is 1. The van der Waals surface area contributed by atoms with Crippen molar-refractivity contribution < 1.29 is 57.3 Å². The predicted octanol–water partition coefficient (Wildman–Crippen LogP) is -0.236. The highest BCUT2D eigenvalue weighted by molar-refractivity contribution is 7.47. The van der Waals surface area contributed by atoms with Crippen molar-refractivity contribution in [3.05, 3.63) is 111 Å². The number of nitrogens with two attached hydrogens (primary N) is 1. The number of phosphoric acid groups is 1. The summed E-state index contributed by atoms with van der Waals surface area (Å²) in [5.41, 5.74) is 4.07. The highest BCUT2D eigenvalue weighted by atomic mass is 31.2. The third-order valence-electron chi connectivity index (χ3n) is 8.78. The molecule has 2 aliphatic heterocycles. The summed E-state index contributed by atoms with van der Waals surface area (Å²) in [6.45, 7) is -0.199. The highest BCUT2D eigenvalue weighted by Gasteiger charge is 2.53. The van der Waals surface area contributed by atoms with Crippen LogP contribution in [-0.2, 0) is 32.6 Å². The van der Waals surface area contributed by atoms with Crippen LogP contribution in [0, 0.1) is 6.92 Å². The Labute approximate surface area is 314 Å². The minimum absolute atomic E-state index is 0.00725. The largest absolute Gasteiger partial charge is 0.472 e. The van der Waals surface area contributed by atoms with Gasteiger partial charge in [-0.3, -0.25) is 23.0 Å². The Bertz CT molecular complexity index is 2400. The molecule has 2 aliphatic rings. The molecule has 2 fully saturated rings. The smallest absolute Gasteiger partial charge is 0.451 e. The van der Waals surface area contributed by atoms with Gasteiger partial charge >= 0.3 is 25.5 Å². The van der Waals surface area contributed by atoms with E-state index in [1.165, 1.54) is 42.1 Å². The molecule has 0 aliphatic carbocycles. The molecule has 2 aromatic carbocycles. The third-order valence-corrected chi connectivity index (χ3v) is 9.77. The molecule has 23 heteroatoms. The maximum absolute atomic E-state index is 13.6. The summed E-state index contributed by atoms with van der Waals surface area (Å²) in [6, 6.07) is 15.5. The number of nitrogen functional groups attached to an aromatic ring is 1. The number of nitrogens with one attached hydrogen (secondary N) is 1. The maximum Gasteiger partial charge on any atom is 0.472 e. The molecule has 9 atom stereocenters. The second-order valence-corrected chi connectivity index (χ2v) is 13.9. The fraction of sp³-hybridized carbons (Fsp3) is 0.333. The third kappa shape index (κ3) is 7.85. The van der Waals surface area contributed by atoms with E-state index in [-0.39, 0.29) is 34.1 Å². The van der Waals surface area contributed by atoms with E-state index >= 15 is 0 Å². The van der Waals surface area contributed by atoms with E-state index in [0.29, 0.717) is 0 Å². The Kier molecular flexibility index (Phi) is 10.9. The van der Waals surface area contributed by atoms with Crippen LogP contribution >= 0.6 is 7.82 Å². The zero-order chi connectivity index (χ0) is 39.7. The number of anilines is 1. The number of hydrogen-bond donors (Lipinski definition) is 5. The summed E-state index contributed by atoms with van der Waals surface area (Å²) in [6.07, 6.45) is -10.5. The minimum Gasteiger partial charge on any atom is -0.451 e. The summed E-state index contributed by atoms with van der Waals surface area (Å²) in [4.78, 5) is 80.9. The number of hydrogen-bond acceptors (Lipinski definition) is 18. The molecule has 56 heavy (non-hydrogen) atoms. The highest BCUT2D eigenvalue weighted by Crippen LogP contribution is 2.50. The lowest BCUT2D eigenvalue weighted by Gasteiger charge is -2.26. The number of aliphatic hydroxyl groups excluding tert-OH is 2. The molecule has 0 bridgehead atoms. The number of aromatic amines is 1. The number of aliphatic hydroxyl groups is 2. The van der Waals surface area contributed by atoms with E-state index < -0.39 is 93.3 Å². The first-order chi connectivity index (χ1) is 26.8. The molecule has 294 valence electrons. The van der Waals surface area contributed by atoms with E-state index in [2.05, 4.69) is 24.9 Å². The number of carbonyl (C=O) groups excluding carboxylic acids is 2. The van der Waals surface area contributed by atoms with Crippen LogP contribution in [0.4, 0.5) is 5.95 Å². The van der Waals surface area contributed by atoms with Gasteiger partial charge in [0.05, 0.1) is 30.7 Å². The Hall–Kier alpha value is -5.71. The van der Waals surface area contributed by atoms with E-state index in [1.807, 2.05) is 0 Å². The lowest BCUT2D eigenvalue weighted by Crippen LogP contribution is -2.40. The van der Waals surface area contributed by atoms with Crippen LogP contribution < -0.4 is 17.0 Å². The summed E-state index contributed by atoms with van der Waals surface area (Å²) >= 11 is 0. The predicted molar refractivity (Wildman–Crippen MR) is 186 cm³/mol. The van der Waals surface area contributed by atoms with E-state index in [1.54, 1.807) is 36.4 Å². The van der Waals surface area contributed by atoms with Crippen LogP contribution in [0.15, 0.2) is 82.9 Å². The zero-order valence-electron chi connectivity index (χ0n) is 29.0. The van der Waals surface area contributed by atoms with Gasteiger partial charge in [0.15, 0.2) is 35.8 Å². The summed E-state index contributed by atoms with van der Waals surface area (Å²) < 4.78 is 49.5. The first-order valence-corrected chi connectivity index (χ1v) is 18.2. The molecule has 6 N–H and O–H groups in total. The van der Waals surface area contributed by atoms with Gasteiger partial charge < -0.3 is 44.8 Å². The first kappa shape index (κ1) is 38.6. The zero-order valence-corrected chi connectivity index (χ0v) is 29.9. The van der Waals surface area contributed by atoms with Crippen molar-refractivity contribution in [1.29, 1.82) is 0 Å². The number of phosphoric ester groups is 1. The molecule has 22 nitrogen and oxygen atoms in total. The number of carbonyl (C=O) groups is 2. The van der Waals surface area contributed by atoms with Crippen LogP contribution in [0.2, 0.25) is 0 Å². The van der Waals surface area contributed by atoms with Gasteiger partial charge in [-0.1, -0.05) is 36.4 Å². The van der Waals surface area contributed by atoms with Crippen molar-refractivity contribution in [1.82, 2.24) is 34.1 Å². The average Bonchev–Trinajstić information content (AvgIpc) is 3.84. The van der Waals surface area contributed by atoms with Crippen LogP contribution in [0.5, 0.6) is 0 Å². The Morgan fingerprint density at radius 1 is 0.875 bits per heavy atom. The average molecular weight is 797 g/mol. The second kappa shape index (κ2) is 15.8. The van der Waals surface area contributed by atoms with Gasteiger partial charge in [0.2, 0.25) is 5.95 Å². The monoisotopic (exact) mass is 796 g/mol. The van der Waals surface area contributed by atoms with Crippen LogP contribution in [0.3, 0.4) is 0 Å². The Balaban J connectivity index is 1.14. The van der Waals surface area contributed by atoms with Crippen molar-refractivity contribution in [2.45, 2.75) is 56.0 Å². The van der Waals surface area contributed by atoms with Gasteiger partial charge in [-0.25, -0.2) is 33.9 Å². The van der Waals surface area contributed by atoms with Crippen molar-refractivity contribution >= 4 is 36.9 Å². The van der Waals surface area contributed by atoms with E-state index in [4.69, 9.17) is 33.7 Å². The molecule has 0 radical (unpaired) electrons. The number of H-pyrrole nitrogens is 1. The van der Waals surface area contributed by atoms with Gasteiger partial charge in [0, 0.05) is 0 Å². The number of aromatic nitrogens is 7. The van der Waals surface area contributed by atoms with Crippen molar-refractivity contribution in [2.24, 2.45) is 0 Å². The summed E-state index contributed by atoms with van der Waals surface area (Å²) in [5.74, 6) is -1.95. The molecule has 0 spiro atoms. The lowest BCUT2D eigenvalue weighted by atomic mass is 10.1. The van der Waals surface area contributed by atoms with E-state index in [0.717, 1.165) is 10.9 Å². The number of imidazole rings is 1. The number of nitrogens with zero attached hydrogens (tertiary/aromatic N) is 6. The number of rotatable bonds is 12. The fourth-order valence-corrected chi connectivity index (χ4v) is 7.13. The molecule has 3 aromatic heterocycles. The topological polar surface area (TPSA) is 305 Å². The van der Waals surface area contributed by atoms with Gasteiger partial charge in [0.25, 0.3) is 5.56 Å². The van der Waals surface area contributed by atoms with Crippen molar-refractivity contribution in [3.8, 4) is 0 Å². The van der Waals surface area contributed by atoms with Gasteiger partial charge in [-0.15, -0.1) is 0 Å². The first-order valence-electron chi connectivity index (χ1n) is 16.8. The molecular formula is C33H33N8O14P. The van der Waals surface area contributed by atoms with Crippen molar-refractivity contribution in [3.63, 3.8) is 0 Å². The summed E-state index contributed by atoms with van der Waals surface area (Å²) in [7, 11) is -5.28. The van der Waals surface area contributed by atoms with Crippen LogP contribution in [-0.4, -0.2) is 111 Å². The molecular weight excluding hydrogens is 763 g/mol. The maximum atomic E-state index is 13.6. The van der Waals surface area contributed by atoms with Crippen molar-refractivity contribution in [2.75, 3.05) is 18.9 Å². The minimum atomic E-state index is -5.28.